The molecule has 0 unspecified atom stereocenters. The van der Waals surface area contributed by atoms with E-state index in [9.17, 15) is 4.39 Å². The Balaban J connectivity index is 2.29. The largest absolute Gasteiger partial charge is 0.383 e. The first kappa shape index (κ1) is 13.5. The van der Waals surface area contributed by atoms with Crippen molar-refractivity contribution in [3.05, 3.63) is 51.3 Å². The smallest absolute Gasteiger partial charge is 0.158 e. The van der Waals surface area contributed by atoms with Crippen molar-refractivity contribution in [1.82, 2.24) is 9.38 Å². The Kier molecular flexibility index (Phi) is 3.24. The van der Waals surface area contributed by atoms with Gasteiger partial charge in [-0.25, -0.2) is 9.37 Å². The lowest BCUT2D eigenvalue weighted by atomic mass is 10.1. The number of fused-ring (bicyclic) bond motifs is 1. The molecule has 0 aliphatic carbocycles. The third kappa shape index (κ3) is 2.10. The van der Waals surface area contributed by atoms with Crippen LogP contribution in [-0.4, -0.2) is 9.38 Å². The summed E-state index contributed by atoms with van der Waals surface area (Å²) in [7, 11) is 0. The first-order valence-electron chi connectivity index (χ1n) is 5.55. The number of imidazole rings is 1. The standard InChI is InChI=1S/C13H7Cl3FN3/c14-7-4-9(16)13-19-11(12(18)20(13)5-7)6-1-2-10(17)8(15)3-6/h1-5H,18H2. The fraction of sp³-hybridized carbons (Fsp3) is 0. The molecule has 7 heteroatoms. The Hall–Kier alpha value is -1.49. The van der Waals surface area contributed by atoms with Crippen molar-refractivity contribution in [2.45, 2.75) is 0 Å². The van der Waals surface area contributed by atoms with Gasteiger partial charge in [0.15, 0.2) is 5.65 Å². The molecule has 0 fully saturated rings. The molecule has 0 bridgehead atoms. The van der Waals surface area contributed by atoms with Gasteiger partial charge >= 0.3 is 0 Å². The highest BCUT2D eigenvalue weighted by Crippen LogP contribution is 2.32. The van der Waals surface area contributed by atoms with Crippen LogP contribution in [0.3, 0.4) is 0 Å². The maximum absolute atomic E-state index is 13.2. The molecule has 0 aliphatic heterocycles. The van der Waals surface area contributed by atoms with E-state index < -0.39 is 5.82 Å². The van der Waals surface area contributed by atoms with Crippen LogP contribution >= 0.6 is 34.8 Å². The predicted molar refractivity (Wildman–Crippen MR) is 80.0 cm³/mol. The Bertz CT molecular complexity index is 829. The molecule has 0 aliphatic rings. The molecule has 0 spiro atoms. The van der Waals surface area contributed by atoms with E-state index in [2.05, 4.69) is 4.98 Å². The number of nitrogen functional groups attached to an aromatic ring is 1. The molecule has 3 nitrogen and oxygen atoms in total. The van der Waals surface area contributed by atoms with Gasteiger partial charge in [-0.3, -0.25) is 4.40 Å². The highest BCUT2D eigenvalue weighted by Gasteiger charge is 2.15. The number of hydrogen-bond acceptors (Lipinski definition) is 2. The number of halogens is 4. The topological polar surface area (TPSA) is 43.3 Å². The summed E-state index contributed by atoms with van der Waals surface area (Å²) in [5, 5.41) is 0.821. The molecule has 2 heterocycles. The maximum Gasteiger partial charge on any atom is 0.158 e. The highest BCUT2D eigenvalue weighted by molar-refractivity contribution is 6.36. The fourth-order valence-corrected chi connectivity index (χ4v) is 2.64. The van der Waals surface area contributed by atoms with Crippen molar-refractivity contribution in [2.75, 3.05) is 5.73 Å². The van der Waals surface area contributed by atoms with Crippen LogP contribution in [0.15, 0.2) is 30.5 Å². The average molecular weight is 331 g/mol. The molecular formula is C13H7Cl3FN3. The average Bonchev–Trinajstić information content (AvgIpc) is 2.71. The van der Waals surface area contributed by atoms with Crippen LogP contribution in [0.2, 0.25) is 15.1 Å². The molecule has 3 aromatic rings. The van der Waals surface area contributed by atoms with Gasteiger partial charge in [0.2, 0.25) is 0 Å². The third-order valence-corrected chi connectivity index (χ3v) is 3.65. The van der Waals surface area contributed by atoms with Crippen LogP contribution in [0.1, 0.15) is 0 Å². The first-order valence-corrected chi connectivity index (χ1v) is 6.69. The summed E-state index contributed by atoms with van der Waals surface area (Å²) in [4.78, 5) is 4.36. The zero-order valence-electron chi connectivity index (χ0n) is 9.87. The van der Waals surface area contributed by atoms with E-state index in [1.165, 1.54) is 12.1 Å². The van der Waals surface area contributed by atoms with E-state index in [4.69, 9.17) is 40.5 Å². The van der Waals surface area contributed by atoms with Crippen molar-refractivity contribution in [3.8, 4) is 11.3 Å². The van der Waals surface area contributed by atoms with Gasteiger partial charge in [-0.15, -0.1) is 0 Å². The van der Waals surface area contributed by atoms with E-state index in [-0.39, 0.29) is 5.02 Å². The Labute approximate surface area is 128 Å². The molecule has 1 aromatic carbocycles. The summed E-state index contributed by atoms with van der Waals surface area (Å²) < 4.78 is 14.8. The normalized spacial score (nSPS) is 11.2. The summed E-state index contributed by atoms with van der Waals surface area (Å²) in [5.41, 5.74) is 7.59. The number of nitrogens with zero attached hydrogens (tertiary/aromatic N) is 2. The summed E-state index contributed by atoms with van der Waals surface area (Å²) >= 11 is 17.8. The Morgan fingerprint density at radius 3 is 2.55 bits per heavy atom. The van der Waals surface area contributed by atoms with Gasteiger partial charge in [0.25, 0.3) is 0 Å². The minimum Gasteiger partial charge on any atom is -0.383 e. The molecule has 102 valence electrons. The lowest BCUT2D eigenvalue weighted by molar-refractivity contribution is 0.628. The van der Waals surface area contributed by atoms with Crippen LogP contribution in [-0.2, 0) is 0 Å². The molecule has 3 rings (SSSR count). The SMILES string of the molecule is Nc1c(-c2ccc(F)c(Cl)c2)nc2c(Cl)cc(Cl)cn12. The van der Waals surface area contributed by atoms with Gasteiger partial charge in [0.1, 0.15) is 17.3 Å². The van der Waals surface area contributed by atoms with Crippen LogP contribution in [0.25, 0.3) is 16.9 Å². The molecule has 2 aromatic heterocycles. The van der Waals surface area contributed by atoms with Crippen LogP contribution in [0.5, 0.6) is 0 Å². The highest BCUT2D eigenvalue weighted by atomic mass is 35.5. The van der Waals surface area contributed by atoms with Gasteiger partial charge in [-0.2, -0.15) is 0 Å². The summed E-state index contributed by atoms with van der Waals surface area (Å²) in [6.45, 7) is 0. The lowest BCUT2D eigenvalue weighted by Crippen LogP contribution is -1.94. The minimum absolute atomic E-state index is 0.00286. The van der Waals surface area contributed by atoms with Gasteiger partial charge in [-0.1, -0.05) is 34.8 Å². The van der Waals surface area contributed by atoms with E-state index in [0.29, 0.717) is 32.8 Å². The summed E-state index contributed by atoms with van der Waals surface area (Å²) in [6, 6.07) is 5.85. The second kappa shape index (κ2) is 4.81. The van der Waals surface area contributed by atoms with Crippen molar-refractivity contribution < 1.29 is 4.39 Å². The number of benzene rings is 1. The van der Waals surface area contributed by atoms with Gasteiger partial charge in [0, 0.05) is 11.8 Å². The number of anilines is 1. The zero-order chi connectivity index (χ0) is 14.4. The van der Waals surface area contributed by atoms with Crippen molar-refractivity contribution >= 4 is 46.3 Å². The number of rotatable bonds is 1. The molecule has 0 saturated heterocycles. The van der Waals surface area contributed by atoms with Crippen LogP contribution in [0.4, 0.5) is 10.2 Å². The van der Waals surface area contributed by atoms with Gasteiger partial charge < -0.3 is 5.73 Å². The number of hydrogen-bond donors (Lipinski definition) is 1. The molecule has 0 radical (unpaired) electrons. The van der Waals surface area contributed by atoms with Crippen molar-refractivity contribution in [3.63, 3.8) is 0 Å². The predicted octanol–water partition coefficient (Wildman–Crippen LogP) is 4.68. The van der Waals surface area contributed by atoms with Crippen LogP contribution < -0.4 is 5.73 Å². The number of pyridine rings is 1. The first-order chi connectivity index (χ1) is 9.47. The summed E-state index contributed by atoms with van der Waals surface area (Å²) in [5.74, 6) is -0.147. The van der Waals surface area contributed by atoms with E-state index in [0.717, 1.165) is 0 Å². The van der Waals surface area contributed by atoms with Crippen molar-refractivity contribution in [2.24, 2.45) is 0 Å². The maximum atomic E-state index is 13.2. The number of aromatic nitrogens is 2. The monoisotopic (exact) mass is 329 g/mol. The Morgan fingerprint density at radius 1 is 1.10 bits per heavy atom. The second-order valence-electron chi connectivity index (χ2n) is 4.17. The van der Waals surface area contributed by atoms with E-state index >= 15 is 0 Å². The molecular weight excluding hydrogens is 324 g/mol. The fourth-order valence-electron chi connectivity index (χ4n) is 1.95. The molecule has 2 N–H and O–H groups in total. The van der Waals surface area contributed by atoms with E-state index in [1.54, 1.807) is 22.7 Å². The van der Waals surface area contributed by atoms with Gasteiger partial charge in [-0.05, 0) is 24.3 Å². The van der Waals surface area contributed by atoms with Crippen molar-refractivity contribution in [1.29, 1.82) is 0 Å². The second-order valence-corrected chi connectivity index (χ2v) is 5.43. The third-order valence-electron chi connectivity index (χ3n) is 2.87. The molecule has 20 heavy (non-hydrogen) atoms. The summed E-state index contributed by atoms with van der Waals surface area (Å²) in [6.07, 6.45) is 1.61. The molecule has 0 amide bonds. The zero-order valence-corrected chi connectivity index (χ0v) is 12.1. The van der Waals surface area contributed by atoms with Gasteiger partial charge in [0.05, 0.1) is 15.1 Å². The van der Waals surface area contributed by atoms with Crippen LogP contribution in [0, 0.1) is 5.82 Å². The minimum atomic E-state index is -0.501. The molecule has 0 saturated carbocycles. The quantitative estimate of drug-likeness (QED) is 0.704. The number of nitrogens with two attached hydrogens (primary N) is 1. The van der Waals surface area contributed by atoms with E-state index in [1.807, 2.05) is 0 Å². The Morgan fingerprint density at radius 2 is 1.85 bits per heavy atom. The lowest BCUT2D eigenvalue weighted by Gasteiger charge is -2.01. The molecule has 0 atom stereocenters.